The zero-order chi connectivity index (χ0) is 16.2. The number of carbonyl (C=O) groups excluding carboxylic acids is 1. The van der Waals surface area contributed by atoms with Crippen molar-refractivity contribution in [2.24, 2.45) is 0 Å². The van der Waals surface area contributed by atoms with Crippen LogP contribution in [0, 0.1) is 6.92 Å². The van der Waals surface area contributed by atoms with Gasteiger partial charge in [0.1, 0.15) is 6.10 Å². The molecular formula is C18H20N2O3. The Bertz CT molecular complexity index is 685. The number of anilines is 1. The summed E-state index contributed by atoms with van der Waals surface area (Å²) in [5.41, 5.74) is 2.59. The molecule has 1 aromatic heterocycles. The largest absolute Gasteiger partial charge is 0.472 e. The first kappa shape index (κ1) is 15.3. The van der Waals surface area contributed by atoms with E-state index in [0.29, 0.717) is 11.4 Å². The number of benzene rings is 1. The van der Waals surface area contributed by atoms with Crippen LogP contribution in [0.25, 0.3) is 0 Å². The van der Waals surface area contributed by atoms with Crippen molar-refractivity contribution >= 4 is 11.7 Å². The van der Waals surface area contributed by atoms with Crippen molar-refractivity contribution in [3.05, 3.63) is 53.7 Å². The van der Waals surface area contributed by atoms with E-state index in [1.807, 2.05) is 37.3 Å². The average Bonchev–Trinajstić information content (AvgIpc) is 3.04. The number of rotatable bonds is 4. The Labute approximate surface area is 135 Å². The van der Waals surface area contributed by atoms with Crippen molar-refractivity contribution in [2.75, 3.05) is 25.1 Å². The normalized spacial score (nSPS) is 17.1. The number of aryl methyl sites for hydroxylation is 1. The van der Waals surface area contributed by atoms with Crippen LogP contribution in [0.4, 0.5) is 5.69 Å². The Morgan fingerprint density at radius 2 is 2.09 bits per heavy atom. The quantitative estimate of drug-likeness (QED) is 0.813. The highest BCUT2D eigenvalue weighted by atomic mass is 16.5. The van der Waals surface area contributed by atoms with E-state index in [4.69, 9.17) is 9.47 Å². The smallest absolute Gasteiger partial charge is 0.339 e. The number of methoxy groups -OCH3 is 1. The molecule has 1 fully saturated rings. The summed E-state index contributed by atoms with van der Waals surface area (Å²) in [6, 6.07) is 11.4. The third-order valence-corrected chi connectivity index (χ3v) is 3.97. The molecule has 1 aliphatic rings. The van der Waals surface area contributed by atoms with Gasteiger partial charge in [0.05, 0.1) is 24.9 Å². The predicted molar refractivity (Wildman–Crippen MR) is 88.0 cm³/mol. The SMILES string of the molecule is COC(=O)c1ccccc1N1CC[C@H](Oc2ccc(C)cn2)C1. The minimum atomic E-state index is -0.315. The third kappa shape index (κ3) is 3.44. The molecule has 3 rings (SSSR count). The van der Waals surface area contributed by atoms with Crippen molar-refractivity contribution in [3.8, 4) is 5.88 Å². The second kappa shape index (κ2) is 6.69. The molecule has 120 valence electrons. The number of para-hydroxylation sites is 1. The van der Waals surface area contributed by atoms with E-state index in [9.17, 15) is 4.79 Å². The van der Waals surface area contributed by atoms with Crippen LogP contribution in [-0.2, 0) is 4.74 Å². The van der Waals surface area contributed by atoms with Crippen molar-refractivity contribution in [1.82, 2.24) is 4.98 Å². The van der Waals surface area contributed by atoms with Gasteiger partial charge in [-0.3, -0.25) is 0 Å². The molecule has 5 heteroatoms. The first-order chi connectivity index (χ1) is 11.2. The summed E-state index contributed by atoms with van der Waals surface area (Å²) in [6.45, 7) is 3.56. The molecule has 1 atom stereocenters. The molecule has 1 aromatic carbocycles. The zero-order valence-corrected chi connectivity index (χ0v) is 13.4. The molecule has 2 heterocycles. The van der Waals surface area contributed by atoms with Crippen LogP contribution in [0.5, 0.6) is 5.88 Å². The van der Waals surface area contributed by atoms with Gasteiger partial charge in [-0.1, -0.05) is 18.2 Å². The maximum atomic E-state index is 11.9. The summed E-state index contributed by atoms with van der Waals surface area (Å²) in [7, 11) is 1.40. The van der Waals surface area contributed by atoms with E-state index in [1.165, 1.54) is 7.11 Å². The van der Waals surface area contributed by atoms with E-state index in [1.54, 1.807) is 12.3 Å². The fourth-order valence-corrected chi connectivity index (χ4v) is 2.77. The number of carbonyl (C=O) groups is 1. The van der Waals surface area contributed by atoms with Crippen LogP contribution in [0.2, 0.25) is 0 Å². The van der Waals surface area contributed by atoms with Crippen LogP contribution in [0.1, 0.15) is 22.3 Å². The van der Waals surface area contributed by atoms with E-state index in [-0.39, 0.29) is 12.1 Å². The maximum Gasteiger partial charge on any atom is 0.339 e. The standard InChI is InChI=1S/C18H20N2O3/c1-13-7-8-17(19-11-13)23-14-9-10-20(12-14)16-6-4-3-5-15(16)18(21)22-2/h3-8,11,14H,9-10,12H2,1-2H3/t14-/m0/s1. The van der Waals surface area contributed by atoms with E-state index in [0.717, 1.165) is 30.8 Å². The number of ether oxygens (including phenoxy) is 2. The number of esters is 1. The minimum absolute atomic E-state index is 0.0657. The lowest BCUT2D eigenvalue weighted by molar-refractivity contribution is 0.0601. The van der Waals surface area contributed by atoms with Gasteiger partial charge in [-0.2, -0.15) is 0 Å². The summed E-state index contributed by atoms with van der Waals surface area (Å²) in [5.74, 6) is 0.328. The lowest BCUT2D eigenvalue weighted by Crippen LogP contribution is -2.26. The Morgan fingerprint density at radius 3 is 2.83 bits per heavy atom. The van der Waals surface area contributed by atoms with Gasteiger partial charge in [0.25, 0.3) is 0 Å². The average molecular weight is 312 g/mol. The van der Waals surface area contributed by atoms with Crippen molar-refractivity contribution in [2.45, 2.75) is 19.4 Å². The molecule has 0 N–H and O–H groups in total. The Morgan fingerprint density at radius 1 is 1.26 bits per heavy atom. The topological polar surface area (TPSA) is 51.7 Å². The Kier molecular flexibility index (Phi) is 4.46. The monoisotopic (exact) mass is 312 g/mol. The van der Waals surface area contributed by atoms with Crippen LogP contribution in [0.3, 0.4) is 0 Å². The summed E-state index contributed by atoms with van der Waals surface area (Å²) in [4.78, 5) is 18.3. The second-order valence-corrected chi connectivity index (χ2v) is 5.66. The number of hydrogen-bond acceptors (Lipinski definition) is 5. The first-order valence-electron chi connectivity index (χ1n) is 7.69. The van der Waals surface area contributed by atoms with E-state index >= 15 is 0 Å². The van der Waals surface area contributed by atoms with E-state index < -0.39 is 0 Å². The van der Waals surface area contributed by atoms with Crippen LogP contribution < -0.4 is 9.64 Å². The lowest BCUT2D eigenvalue weighted by Gasteiger charge is -2.21. The van der Waals surface area contributed by atoms with Crippen LogP contribution in [0.15, 0.2) is 42.6 Å². The molecule has 0 saturated carbocycles. The third-order valence-electron chi connectivity index (χ3n) is 3.97. The van der Waals surface area contributed by atoms with Crippen molar-refractivity contribution < 1.29 is 14.3 Å². The Balaban J connectivity index is 1.70. The highest BCUT2D eigenvalue weighted by Crippen LogP contribution is 2.26. The van der Waals surface area contributed by atoms with Gasteiger partial charge in [-0.15, -0.1) is 0 Å². The summed E-state index contributed by atoms with van der Waals surface area (Å²) in [6.07, 6.45) is 2.76. The van der Waals surface area contributed by atoms with Crippen molar-refractivity contribution in [1.29, 1.82) is 0 Å². The number of aromatic nitrogens is 1. The fourth-order valence-electron chi connectivity index (χ4n) is 2.77. The maximum absolute atomic E-state index is 11.9. The predicted octanol–water partition coefficient (Wildman–Crippen LogP) is 2.83. The zero-order valence-electron chi connectivity index (χ0n) is 13.4. The van der Waals surface area contributed by atoms with Gasteiger partial charge in [0.2, 0.25) is 5.88 Å². The summed E-state index contributed by atoms with van der Waals surface area (Å²) >= 11 is 0. The molecule has 2 aromatic rings. The molecule has 0 unspecified atom stereocenters. The number of nitrogens with zero attached hydrogens (tertiary/aromatic N) is 2. The molecule has 1 saturated heterocycles. The summed E-state index contributed by atoms with van der Waals surface area (Å²) < 4.78 is 10.8. The molecule has 0 aliphatic carbocycles. The van der Waals surface area contributed by atoms with Crippen LogP contribution in [-0.4, -0.2) is 37.3 Å². The van der Waals surface area contributed by atoms with Crippen molar-refractivity contribution in [3.63, 3.8) is 0 Å². The number of pyridine rings is 1. The molecule has 23 heavy (non-hydrogen) atoms. The van der Waals surface area contributed by atoms with E-state index in [2.05, 4.69) is 9.88 Å². The van der Waals surface area contributed by atoms with Gasteiger partial charge in [-0.05, 0) is 24.6 Å². The highest BCUT2D eigenvalue weighted by Gasteiger charge is 2.27. The molecule has 5 nitrogen and oxygen atoms in total. The van der Waals surface area contributed by atoms with Gasteiger partial charge < -0.3 is 14.4 Å². The first-order valence-corrected chi connectivity index (χ1v) is 7.69. The van der Waals surface area contributed by atoms with Gasteiger partial charge >= 0.3 is 5.97 Å². The molecular weight excluding hydrogens is 292 g/mol. The second-order valence-electron chi connectivity index (χ2n) is 5.66. The highest BCUT2D eigenvalue weighted by molar-refractivity contribution is 5.95. The van der Waals surface area contributed by atoms with Gasteiger partial charge in [0, 0.05) is 25.2 Å². The van der Waals surface area contributed by atoms with Crippen LogP contribution >= 0.6 is 0 Å². The van der Waals surface area contributed by atoms with Gasteiger partial charge in [0.15, 0.2) is 0 Å². The Hall–Kier alpha value is -2.56. The fraction of sp³-hybridized carbons (Fsp3) is 0.333. The van der Waals surface area contributed by atoms with Gasteiger partial charge in [-0.25, -0.2) is 9.78 Å². The number of hydrogen-bond donors (Lipinski definition) is 0. The molecule has 0 bridgehead atoms. The molecule has 1 aliphatic heterocycles. The summed E-state index contributed by atoms with van der Waals surface area (Å²) in [5, 5.41) is 0. The molecule has 0 radical (unpaired) electrons. The molecule has 0 amide bonds. The lowest BCUT2D eigenvalue weighted by atomic mass is 10.1. The molecule has 0 spiro atoms. The minimum Gasteiger partial charge on any atom is -0.472 e.